The van der Waals surface area contributed by atoms with Crippen LogP contribution in [0, 0.1) is 17.2 Å². The van der Waals surface area contributed by atoms with E-state index >= 15 is 0 Å². The quantitative estimate of drug-likeness (QED) is 0.792. The summed E-state index contributed by atoms with van der Waals surface area (Å²) in [5.74, 6) is 0.752. The van der Waals surface area contributed by atoms with E-state index in [1.807, 2.05) is 11.4 Å². The SMILES string of the molecule is N#Cc1csc(CNC(CCO)C2CC2)c1. The zero-order chi connectivity index (χ0) is 11.4. The molecular formula is C12H16N2OS. The first-order valence-electron chi connectivity index (χ1n) is 5.65. The third kappa shape index (κ3) is 3.05. The topological polar surface area (TPSA) is 56.0 Å². The van der Waals surface area contributed by atoms with Gasteiger partial charge in [0.1, 0.15) is 6.07 Å². The fourth-order valence-electron chi connectivity index (χ4n) is 1.91. The van der Waals surface area contributed by atoms with E-state index in [1.165, 1.54) is 17.7 Å². The van der Waals surface area contributed by atoms with Gasteiger partial charge in [-0.1, -0.05) is 0 Å². The van der Waals surface area contributed by atoms with Crippen LogP contribution in [0.15, 0.2) is 11.4 Å². The minimum absolute atomic E-state index is 0.252. The van der Waals surface area contributed by atoms with Gasteiger partial charge in [-0.3, -0.25) is 0 Å². The van der Waals surface area contributed by atoms with Gasteiger partial charge in [0.2, 0.25) is 0 Å². The van der Waals surface area contributed by atoms with Crippen molar-refractivity contribution in [2.75, 3.05) is 6.61 Å². The molecule has 1 heterocycles. The van der Waals surface area contributed by atoms with E-state index < -0.39 is 0 Å². The number of hydrogen-bond donors (Lipinski definition) is 2. The van der Waals surface area contributed by atoms with Crippen LogP contribution in [0.5, 0.6) is 0 Å². The summed E-state index contributed by atoms with van der Waals surface area (Å²) in [6, 6.07) is 4.51. The average Bonchev–Trinajstić information content (AvgIpc) is 3.03. The molecule has 1 saturated carbocycles. The van der Waals surface area contributed by atoms with E-state index in [0.717, 1.165) is 24.4 Å². The Morgan fingerprint density at radius 1 is 1.62 bits per heavy atom. The van der Waals surface area contributed by atoms with Crippen molar-refractivity contribution in [3.8, 4) is 6.07 Å². The molecule has 0 saturated heterocycles. The van der Waals surface area contributed by atoms with Crippen LogP contribution in [-0.2, 0) is 6.54 Å². The Hall–Kier alpha value is -0.890. The van der Waals surface area contributed by atoms with Gasteiger partial charge in [-0.15, -0.1) is 11.3 Å². The summed E-state index contributed by atoms with van der Waals surface area (Å²) in [6.07, 6.45) is 3.40. The van der Waals surface area contributed by atoms with Gasteiger partial charge in [-0.2, -0.15) is 5.26 Å². The molecule has 0 spiro atoms. The molecule has 2 rings (SSSR count). The van der Waals surface area contributed by atoms with Crippen LogP contribution in [0.25, 0.3) is 0 Å². The van der Waals surface area contributed by atoms with Crippen LogP contribution in [-0.4, -0.2) is 17.8 Å². The molecule has 0 radical (unpaired) electrons. The van der Waals surface area contributed by atoms with Gasteiger partial charge in [0.15, 0.2) is 0 Å². The van der Waals surface area contributed by atoms with Crippen LogP contribution >= 0.6 is 11.3 Å². The number of thiophene rings is 1. The van der Waals surface area contributed by atoms with Crippen LogP contribution in [0.4, 0.5) is 0 Å². The second-order valence-electron chi connectivity index (χ2n) is 4.25. The lowest BCUT2D eigenvalue weighted by Crippen LogP contribution is -2.31. The predicted molar refractivity (Wildman–Crippen MR) is 64.1 cm³/mol. The highest BCUT2D eigenvalue weighted by molar-refractivity contribution is 7.10. The zero-order valence-corrected chi connectivity index (χ0v) is 9.96. The van der Waals surface area contributed by atoms with Crippen molar-refractivity contribution in [2.45, 2.75) is 31.8 Å². The summed E-state index contributed by atoms with van der Waals surface area (Å²) in [5.41, 5.74) is 0.743. The molecule has 16 heavy (non-hydrogen) atoms. The Morgan fingerprint density at radius 3 is 3.00 bits per heavy atom. The molecule has 2 N–H and O–H groups in total. The summed E-state index contributed by atoms with van der Waals surface area (Å²) < 4.78 is 0. The van der Waals surface area contributed by atoms with Gasteiger partial charge < -0.3 is 10.4 Å². The Balaban J connectivity index is 1.82. The minimum atomic E-state index is 0.252. The fraction of sp³-hybridized carbons (Fsp3) is 0.583. The number of nitrogens with one attached hydrogen (secondary N) is 1. The lowest BCUT2D eigenvalue weighted by molar-refractivity contribution is 0.256. The second kappa shape index (κ2) is 5.44. The van der Waals surface area contributed by atoms with E-state index in [9.17, 15) is 0 Å². The number of rotatable bonds is 6. The molecule has 1 aliphatic carbocycles. The van der Waals surface area contributed by atoms with E-state index in [-0.39, 0.29) is 6.61 Å². The van der Waals surface area contributed by atoms with Crippen molar-refractivity contribution in [1.29, 1.82) is 5.26 Å². The van der Waals surface area contributed by atoms with Gasteiger partial charge in [0, 0.05) is 29.5 Å². The zero-order valence-electron chi connectivity index (χ0n) is 9.15. The molecule has 1 aromatic rings. The standard InChI is InChI=1S/C12H16N2OS/c13-6-9-5-11(16-8-9)7-14-12(3-4-15)10-1-2-10/h5,8,10,12,14-15H,1-4,7H2. The van der Waals surface area contributed by atoms with Crippen molar-refractivity contribution < 1.29 is 5.11 Å². The molecule has 3 nitrogen and oxygen atoms in total. The Kier molecular flexibility index (Phi) is 3.94. The largest absolute Gasteiger partial charge is 0.396 e. The van der Waals surface area contributed by atoms with Crippen molar-refractivity contribution in [2.24, 2.45) is 5.92 Å². The molecule has 0 bridgehead atoms. The van der Waals surface area contributed by atoms with Crippen LogP contribution in [0.3, 0.4) is 0 Å². The molecule has 1 atom stereocenters. The lowest BCUT2D eigenvalue weighted by Gasteiger charge is -2.16. The van der Waals surface area contributed by atoms with E-state index in [0.29, 0.717) is 6.04 Å². The smallest absolute Gasteiger partial charge is 0.100 e. The molecule has 0 aromatic carbocycles. The number of aliphatic hydroxyl groups is 1. The monoisotopic (exact) mass is 236 g/mol. The third-order valence-corrected chi connectivity index (χ3v) is 3.89. The molecule has 4 heteroatoms. The summed E-state index contributed by atoms with van der Waals surface area (Å²) in [5, 5.41) is 23.0. The minimum Gasteiger partial charge on any atom is -0.396 e. The first-order valence-corrected chi connectivity index (χ1v) is 6.53. The molecule has 1 unspecified atom stereocenters. The second-order valence-corrected chi connectivity index (χ2v) is 5.25. The van der Waals surface area contributed by atoms with Gasteiger partial charge in [-0.05, 0) is 31.2 Å². The predicted octanol–water partition coefficient (Wildman–Crippen LogP) is 1.87. The Labute approximate surface area is 99.7 Å². The van der Waals surface area contributed by atoms with E-state index in [2.05, 4.69) is 11.4 Å². The van der Waals surface area contributed by atoms with E-state index in [1.54, 1.807) is 11.3 Å². The average molecular weight is 236 g/mol. The normalized spacial score (nSPS) is 17.0. The first-order chi connectivity index (χ1) is 7.83. The maximum absolute atomic E-state index is 8.97. The molecule has 86 valence electrons. The molecule has 1 aliphatic rings. The van der Waals surface area contributed by atoms with Crippen molar-refractivity contribution in [1.82, 2.24) is 5.32 Å². The van der Waals surface area contributed by atoms with Crippen LogP contribution < -0.4 is 5.32 Å². The van der Waals surface area contributed by atoms with Gasteiger partial charge >= 0.3 is 0 Å². The highest BCUT2D eigenvalue weighted by atomic mass is 32.1. The number of nitrogens with zero attached hydrogens (tertiary/aromatic N) is 1. The number of hydrogen-bond acceptors (Lipinski definition) is 4. The summed E-state index contributed by atoms with van der Waals surface area (Å²) in [6.45, 7) is 1.07. The highest BCUT2D eigenvalue weighted by Gasteiger charge is 2.30. The Bertz CT molecular complexity index is 379. The summed E-state index contributed by atoms with van der Waals surface area (Å²) in [7, 11) is 0. The van der Waals surface area contributed by atoms with Gasteiger partial charge in [0.25, 0.3) is 0 Å². The first kappa shape index (κ1) is 11.6. The van der Waals surface area contributed by atoms with Crippen LogP contribution in [0.1, 0.15) is 29.7 Å². The van der Waals surface area contributed by atoms with Crippen molar-refractivity contribution >= 4 is 11.3 Å². The molecule has 0 amide bonds. The van der Waals surface area contributed by atoms with Crippen molar-refractivity contribution in [3.05, 3.63) is 21.9 Å². The molecule has 0 aliphatic heterocycles. The highest BCUT2D eigenvalue weighted by Crippen LogP contribution is 2.34. The molecular weight excluding hydrogens is 220 g/mol. The van der Waals surface area contributed by atoms with Crippen molar-refractivity contribution in [3.63, 3.8) is 0 Å². The summed E-state index contributed by atoms with van der Waals surface area (Å²) in [4.78, 5) is 1.19. The molecule has 1 fully saturated rings. The van der Waals surface area contributed by atoms with Gasteiger partial charge in [0.05, 0.1) is 5.56 Å². The Morgan fingerprint density at radius 2 is 2.44 bits per heavy atom. The maximum Gasteiger partial charge on any atom is 0.100 e. The summed E-state index contributed by atoms with van der Waals surface area (Å²) >= 11 is 1.62. The lowest BCUT2D eigenvalue weighted by atomic mass is 10.1. The maximum atomic E-state index is 8.97. The molecule has 1 aromatic heterocycles. The third-order valence-electron chi connectivity index (χ3n) is 2.95. The van der Waals surface area contributed by atoms with E-state index in [4.69, 9.17) is 10.4 Å². The number of aliphatic hydroxyl groups excluding tert-OH is 1. The van der Waals surface area contributed by atoms with Crippen LogP contribution in [0.2, 0.25) is 0 Å². The number of nitriles is 1. The fourth-order valence-corrected chi connectivity index (χ4v) is 2.67. The van der Waals surface area contributed by atoms with Gasteiger partial charge in [-0.25, -0.2) is 0 Å².